The molecule has 6 heteroatoms. The molecule has 1 aliphatic carbocycles. The number of amides is 2. The van der Waals surface area contributed by atoms with Crippen LogP contribution in [0.2, 0.25) is 0 Å². The molecule has 0 spiro atoms. The van der Waals surface area contributed by atoms with Gasteiger partial charge in [-0.2, -0.15) is 0 Å². The highest BCUT2D eigenvalue weighted by Gasteiger charge is 2.36. The van der Waals surface area contributed by atoms with Crippen LogP contribution < -0.4 is 10.6 Å². The van der Waals surface area contributed by atoms with Gasteiger partial charge in [0.1, 0.15) is 0 Å². The summed E-state index contributed by atoms with van der Waals surface area (Å²) in [5.41, 5.74) is 0.299. The number of rotatable bonds is 12. The molecule has 1 aliphatic rings. The van der Waals surface area contributed by atoms with E-state index < -0.39 is 10.8 Å². The van der Waals surface area contributed by atoms with Crippen LogP contribution in [0.3, 0.4) is 0 Å². The molecule has 2 N–H and O–H groups in total. The van der Waals surface area contributed by atoms with Crippen molar-refractivity contribution in [3.05, 3.63) is 23.3 Å². The van der Waals surface area contributed by atoms with Crippen LogP contribution in [0.25, 0.3) is 0 Å². The number of ketones is 2. The summed E-state index contributed by atoms with van der Waals surface area (Å²) >= 11 is 0. The summed E-state index contributed by atoms with van der Waals surface area (Å²) in [5, 5.41) is 5.75. The van der Waals surface area contributed by atoms with Gasteiger partial charge in [0.05, 0.1) is 0 Å². The average Bonchev–Trinajstić information content (AvgIpc) is 2.61. The van der Waals surface area contributed by atoms with Crippen molar-refractivity contribution >= 4 is 23.4 Å². The highest BCUT2D eigenvalue weighted by Crippen LogP contribution is 2.40. The Labute approximate surface area is 193 Å². The quantitative estimate of drug-likeness (QED) is 0.434. The standard InChI is InChI=1S/C26H42N2O4/c1-17(27-19(3)29)11-9-13-25(5,6)21-15-24(32)22(16-23(21)31)26(7,8)14-10-12-18(2)28-20(4)30/h15-18H,9-14H2,1-8H3,(H,27,29)(H,28,30). The zero-order valence-electron chi connectivity index (χ0n) is 21.2. The minimum absolute atomic E-state index is 0.0441. The number of carbonyl (C=O) groups excluding carboxylic acids is 4. The van der Waals surface area contributed by atoms with Crippen LogP contribution in [-0.4, -0.2) is 35.5 Å². The predicted octanol–water partition coefficient (Wildman–Crippen LogP) is 4.43. The SMILES string of the molecule is CC(=O)NC(C)CCCC(C)(C)C1=CC(=O)C(C(C)(C)CCCC(C)NC(C)=O)=CC1=O. The fourth-order valence-electron chi connectivity index (χ4n) is 4.43. The van der Waals surface area contributed by atoms with E-state index in [1.165, 1.54) is 26.0 Å². The summed E-state index contributed by atoms with van der Waals surface area (Å²) in [5.74, 6) is -0.256. The van der Waals surface area contributed by atoms with Crippen molar-refractivity contribution in [2.24, 2.45) is 10.8 Å². The van der Waals surface area contributed by atoms with Crippen LogP contribution in [0.15, 0.2) is 23.3 Å². The summed E-state index contributed by atoms with van der Waals surface area (Å²) < 4.78 is 0. The molecule has 2 unspecified atom stereocenters. The topological polar surface area (TPSA) is 92.3 Å². The Morgan fingerprint density at radius 3 is 1.34 bits per heavy atom. The third-order valence-electron chi connectivity index (χ3n) is 6.32. The van der Waals surface area contributed by atoms with E-state index >= 15 is 0 Å². The molecule has 0 heterocycles. The Kier molecular flexibility index (Phi) is 10.1. The first-order valence-electron chi connectivity index (χ1n) is 11.7. The van der Waals surface area contributed by atoms with E-state index in [0.717, 1.165) is 38.5 Å². The predicted molar refractivity (Wildman–Crippen MR) is 128 cm³/mol. The van der Waals surface area contributed by atoms with Gasteiger partial charge in [0.2, 0.25) is 11.8 Å². The molecule has 0 aliphatic heterocycles. The van der Waals surface area contributed by atoms with Crippen LogP contribution in [0.4, 0.5) is 0 Å². The maximum atomic E-state index is 13.0. The lowest BCUT2D eigenvalue weighted by atomic mass is 9.70. The van der Waals surface area contributed by atoms with E-state index in [9.17, 15) is 19.2 Å². The van der Waals surface area contributed by atoms with E-state index in [0.29, 0.717) is 11.1 Å². The lowest BCUT2D eigenvalue weighted by Crippen LogP contribution is -2.32. The minimum Gasteiger partial charge on any atom is -0.354 e. The van der Waals surface area contributed by atoms with Crippen LogP contribution in [0, 0.1) is 10.8 Å². The molecule has 2 atom stereocenters. The Morgan fingerprint density at radius 2 is 1.06 bits per heavy atom. The second-order valence-electron chi connectivity index (χ2n) is 10.6. The molecule has 0 aromatic rings. The van der Waals surface area contributed by atoms with Gasteiger partial charge in [-0.3, -0.25) is 19.2 Å². The Hall–Kier alpha value is -2.24. The highest BCUT2D eigenvalue weighted by atomic mass is 16.2. The number of hydrogen-bond donors (Lipinski definition) is 2. The van der Waals surface area contributed by atoms with E-state index in [-0.39, 0.29) is 35.5 Å². The molecule has 0 aromatic carbocycles. The van der Waals surface area contributed by atoms with Crippen LogP contribution in [-0.2, 0) is 19.2 Å². The summed E-state index contributed by atoms with van der Waals surface area (Å²) in [4.78, 5) is 48.3. The van der Waals surface area contributed by atoms with Crippen molar-refractivity contribution in [2.45, 2.75) is 106 Å². The van der Waals surface area contributed by atoms with Gasteiger partial charge in [-0.05, 0) is 62.5 Å². The maximum Gasteiger partial charge on any atom is 0.217 e. The molecular formula is C26H42N2O4. The lowest BCUT2D eigenvalue weighted by Gasteiger charge is -2.33. The number of carbonyl (C=O) groups is 4. The third kappa shape index (κ3) is 8.71. The Balaban J connectivity index is 2.75. The smallest absolute Gasteiger partial charge is 0.217 e. The zero-order valence-corrected chi connectivity index (χ0v) is 21.2. The Bertz CT molecular complexity index is 724. The fourth-order valence-corrected chi connectivity index (χ4v) is 4.43. The second-order valence-corrected chi connectivity index (χ2v) is 10.6. The first kappa shape index (κ1) is 27.8. The average molecular weight is 447 g/mol. The van der Waals surface area contributed by atoms with Crippen molar-refractivity contribution in [1.82, 2.24) is 10.6 Å². The van der Waals surface area contributed by atoms with Gasteiger partial charge >= 0.3 is 0 Å². The normalized spacial score (nSPS) is 16.8. The number of allylic oxidation sites excluding steroid dienone is 4. The molecule has 1 rings (SSSR count). The van der Waals surface area contributed by atoms with Crippen molar-refractivity contribution in [2.75, 3.05) is 0 Å². The van der Waals surface area contributed by atoms with Crippen LogP contribution in [0.5, 0.6) is 0 Å². The first-order valence-corrected chi connectivity index (χ1v) is 11.7. The lowest BCUT2D eigenvalue weighted by molar-refractivity contribution is -0.120. The summed E-state index contributed by atoms with van der Waals surface area (Å²) in [6.45, 7) is 15.0. The Morgan fingerprint density at radius 1 is 0.750 bits per heavy atom. The van der Waals surface area contributed by atoms with E-state index in [4.69, 9.17) is 0 Å². The van der Waals surface area contributed by atoms with Gasteiger partial charge in [0.25, 0.3) is 0 Å². The summed E-state index contributed by atoms with van der Waals surface area (Å²) in [6.07, 6.45) is 7.94. The van der Waals surface area contributed by atoms with Gasteiger partial charge in [0.15, 0.2) is 11.6 Å². The van der Waals surface area contributed by atoms with Crippen LogP contribution in [0.1, 0.15) is 93.9 Å². The minimum atomic E-state index is -0.414. The number of nitrogens with one attached hydrogen (secondary N) is 2. The van der Waals surface area contributed by atoms with E-state index in [1.807, 2.05) is 41.5 Å². The highest BCUT2D eigenvalue weighted by molar-refractivity contribution is 6.20. The molecular weight excluding hydrogens is 404 g/mol. The third-order valence-corrected chi connectivity index (χ3v) is 6.32. The molecule has 0 radical (unpaired) electrons. The van der Waals surface area contributed by atoms with Gasteiger partial charge in [-0.1, -0.05) is 40.5 Å². The zero-order chi connectivity index (χ0) is 24.7. The van der Waals surface area contributed by atoms with Gasteiger partial charge < -0.3 is 10.6 Å². The molecule has 0 saturated carbocycles. The van der Waals surface area contributed by atoms with Crippen molar-refractivity contribution in [3.63, 3.8) is 0 Å². The van der Waals surface area contributed by atoms with Gasteiger partial charge in [0, 0.05) is 37.1 Å². The molecule has 0 aromatic heterocycles. The molecule has 6 nitrogen and oxygen atoms in total. The molecule has 0 saturated heterocycles. The molecule has 32 heavy (non-hydrogen) atoms. The number of hydrogen-bond acceptors (Lipinski definition) is 4. The van der Waals surface area contributed by atoms with Crippen molar-refractivity contribution in [3.8, 4) is 0 Å². The van der Waals surface area contributed by atoms with Gasteiger partial charge in [-0.15, -0.1) is 0 Å². The largest absolute Gasteiger partial charge is 0.354 e. The van der Waals surface area contributed by atoms with Gasteiger partial charge in [-0.25, -0.2) is 0 Å². The molecule has 0 fully saturated rings. The molecule has 180 valence electrons. The second kappa shape index (κ2) is 11.6. The summed E-state index contributed by atoms with van der Waals surface area (Å²) in [6, 6.07) is 0.170. The van der Waals surface area contributed by atoms with Crippen LogP contribution >= 0.6 is 0 Å². The van der Waals surface area contributed by atoms with E-state index in [1.54, 1.807) is 0 Å². The molecule has 2 amide bonds. The summed E-state index contributed by atoms with van der Waals surface area (Å²) in [7, 11) is 0. The van der Waals surface area contributed by atoms with Crippen molar-refractivity contribution < 1.29 is 19.2 Å². The fraction of sp³-hybridized carbons (Fsp3) is 0.692. The first-order chi connectivity index (χ1) is 14.7. The van der Waals surface area contributed by atoms with Crippen molar-refractivity contribution in [1.29, 1.82) is 0 Å². The molecule has 0 bridgehead atoms. The van der Waals surface area contributed by atoms with E-state index in [2.05, 4.69) is 10.6 Å². The maximum absolute atomic E-state index is 13.0. The monoisotopic (exact) mass is 446 g/mol.